The number of carbonyl (C=O) groups is 1. The van der Waals surface area contributed by atoms with Gasteiger partial charge in [0.25, 0.3) is 0 Å². The van der Waals surface area contributed by atoms with Crippen LogP contribution in [-0.4, -0.2) is 31.8 Å². The molecule has 0 aromatic heterocycles. The number of hydrogen-bond donors (Lipinski definition) is 0. The first-order valence-electron chi connectivity index (χ1n) is 8.74. The van der Waals surface area contributed by atoms with Gasteiger partial charge in [0.15, 0.2) is 0 Å². The lowest BCUT2D eigenvalue weighted by molar-refractivity contribution is -0.355. The van der Waals surface area contributed by atoms with Crippen molar-refractivity contribution in [2.75, 3.05) is 0 Å². The molecule has 0 bridgehead atoms. The highest BCUT2D eigenvalue weighted by molar-refractivity contribution is 7.19. The maximum absolute atomic E-state index is 13.2. The Morgan fingerprint density at radius 2 is 1.35 bits per heavy atom. The van der Waals surface area contributed by atoms with Crippen molar-refractivity contribution in [2.24, 2.45) is 0 Å². The van der Waals surface area contributed by atoms with Crippen LogP contribution >= 0.6 is 11.1 Å². The second-order valence-electron chi connectivity index (χ2n) is 6.96. The smallest absolute Gasteiger partial charge is 0.415 e. The van der Waals surface area contributed by atoms with Crippen LogP contribution in [0.4, 0.5) is 26.3 Å². The van der Waals surface area contributed by atoms with E-state index in [1.165, 1.54) is 0 Å². The average Bonchev–Trinajstić information content (AvgIpc) is 2.46. The topological polar surface area (TPSA) is 26.3 Å². The molecule has 1 atom stereocenters. The Hall–Kier alpha value is -0.443. The van der Waals surface area contributed by atoms with Crippen LogP contribution in [0.3, 0.4) is 0 Å². The van der Waals surface area contributed by atoms with Gasteiger partial charge in [-0.25, -0.2) is 8.78 Å². The zero-order valence-corrected chi connectivity index (χ0v) is 16.9. The summed E-state index contributed by atoms with van der Waals surface area (Å²) in [5.41, 5.74) is 0. The van der Waals surface area contributed by atoms with Crippen molar-refractivity contribution in [1.29, 1.82) is 0 Å². The first-order chi connectivity index (χ1) is 11.8. The van der Waals surface area contributed by atoms with E-state index < -0.39 is 38.2 Å². The van der Waals surface area contributed by atoms with E-state index in [1.807, 2.05) is 0 Å². The molecule has 0 heterocycles. The Balaban J connectivity index is 3.81. The normalized spacial score (nSPS) is 15.2. The van der Waals surface area contributed by atoms with Gasteiger partial charge in [-0.2, -0.15) is 28.6 Å². The summed E-state index contributed by atoms with van der Waals surface area (Å²) in [5, 5.41) is 0. The van der Waals surface area contributed by atoms with Crippen molar-refractivity contribution in [3.05, 3.63) is 0 Å². The molecule has 0 spiro atoms. The second kappa shape index (κ2) is 11.4. The third kappa shape index (κ3) is 10.6. The molecule has 0 saturated carbocycles. The van der Waals surface area contributed by atoms with Crippen molar-refractivity contribution < 1.29 is 35.9 Å². The molecule has 0 aromatic carbocycles. The van der Waals surface area contributed by atoms with Gasteiger partial charge in [-0.3, -0.25) is 4.79 Å². The third-order valence-corrected chi connectivity index (χ3v) is 5.94. The minimum Gasteiger partial charge on any atom is -0.415 e. The van der Waals surface area contributed by atoms with Gasteiger partial charge in [0.05, 0.1) is 0 Å². The molecule has 0 N–H and O–H groups in total. The highest BCUT2D eigenvalue weighted by Crippen LogP contribution is 2.40. The summed E-state index contributed by atoms with van der Waals surface area (Å²) in [6, 6.07) is 1.07. The standard InChI is InChI=1S/C16H27ClF6O2Si/c1-26(2,17)12-10-8-6-4-3-5-7-9-11-13(24)25-15(20,14(18)19)16(21,22)23/h14H,3-12H2,1-2H3. The van der Waals surface area contributed by atoms with Crippen LogP contribution in [0.1, 0.15) is 57.8 Å². The van der Waals surface area contributed by atoms with E-state index in [4.69, 9.17) is 11.1 Å². The molecule has 0 rings (SSSR count). The fourth-order valence-corrected chi connectivity index (χ4v) is 3.81. The molecular formula is C16H27ClF6O2Si. The summed E-state index contributed by atoms with van der Waals surface area (Å²) in [4.78, 5) is 11.2. The quantitative estimate of drug-likeness (QED) is 0.104. The summed E-state index contributed by atoms with van der Waals surface area (Å²) in [6.07, 6.45) is -4.35. The number of carbonyl (C=O) groups excluding carboxylic acids is 1. The highest BCUT2D eigenvalue weighted by Gasteiger charge is 2.66. The fraction of sp³-hybridized carbons (Fsp3) is 0.938. The lowest BCUT2D eigenvalue weighted by Crippen LogP contribution is -2.50. The van der Waals surface area contributed by atoms with Crippen LogP contribution in [0.25, 0.3) is 0 Å². The van der Waals surface area contributed by atoms with Crippen LogP contribution in [0.5, 0.6) is 0 Å². The summed E-state index contributed by atoms with van der Waals surface area (Å²) in [5.74, 6) is -6.86. The van der Waals surface area contributed by atoms with E-state index in [-0.39, 0.29) is 6.42 Å². The van der Waals surface area contributed by atoms with Crippen molar-refractivity contribution in [3.8, 4) is 0 Å². The zero-order chi connectivity index (χ0) is 20.4. The minimum absolute atomic E-state index is 0.169. The van der Waals surface area contributed by atoms with Gasteiger partial charge in [0, 0.05) is 6.42 Å². The third-order valence-electron chi connectivity index (χ3n) is 3.83. The summed E-state index contributed by atoms with van der Waals surface area (Å²) in [6.45, 7) is 4.20. The molecule has 10 heteroatoms. The van der Waals surface area contributed by atoms with E-state index >= 15 is 0 Å². The van der Waals surface area contributed by atoms with Crippen molar-refractivity contribution >= 4 is 24.4 Å². The SMILES string of the molecule is C[Si](C)(Cl)CCCCCCCCCCC(=O)OC(F)(C(F)F)C(F)(F)F. The monoisotopic (exact) mass is 428 g/mol. The molecule has 0 fully saturated rings. The van der Waals surface area contributed by atoms with E-state index in [1.54, 1.807) is 0 Å². The molecule has 0 aliphatic heterocycles. The maximum Gasteiger partial charge on any atom is 0.466 e. The maximum atomic E-state index is 13.2. The van der Waals surface area contributed by atoms with Gasteiger partial charge in [-0.1, -0.05) is 58.0 Å². The number of rotatable bonds is 13. The molecule has 0 saturated heterocycles. The summed E-state index contributed by atoms with van der Waals surface area (Å²) < 4.78 is 77.8. The Kier molecular flexibility index (Phi) is 11.2. The van der Waals surface area contributed by atoms with E-state index in [0.717, 1.165) is 44.6 Å². The Morgan fingerprint density at radius 3 is 1.73 bits per heavy atom. The number of ether oxygens (including phenoxy) is 1. The summed E-state index contributed by atoms with van der Waals surface area (Å²) >= 11 is 6.21. The van der Waals surface area contributed by atoms with Crippen molar-refractivity contribution in [2.45, 2.75) is 95.4 Å². The Morgan fingerprint density at radius 1 is 0.923 bits per heavy atom. The van der Waals surface area contributed by atoms with Crippen LogP contribution in [0, 0.1) is 0 Å². The number of hydrogen-bond acceptors (Lipinski definition) is 2. The minimum atomic E-state index is -5.97. The summed E-state index contributed by atoms with van der Waals surface area (Å²) in [7, 11) is -1.51. The van der Waals surface area contributed by atoms with Gasteiger partial charge in [0.1, 0.15) is 7.38 Å². The zero-order valence-electron chi connectivity index (χ0n) is 15.1. The first-order valence-corrected chi connectivity index (χ1v) is 13.0. The van der Waals surface area contributed by atoms with Gasteiger partial charge >= 0.3 is 24.4 Å². The van der Waals surface area contributed by atoms with Gasteiger partial charge in [-0.15, -0.1) is 0 Å². The van der Waals surface area contributed by atoms with Crippen LogP contribution in [0.15, 0.2) is 0 Å². The molecule has 26 heavy (non-hydrogen) atoms. The number of alkyl halides is 6. The Labute approximate surface area is 156 Å². The fourth-order valence-electron chi connectivity index (χ4n) is 2.32. The van der Waals surface area contributed by atoms with Crippen LogP contribution in [0.2, 0.25) is 19.1 Å². The van der Waals surface area contributed by atoms with Gasteiger partial charge in [0.2, 0.25) is 0 Å². The molecule has 0 radical (unpaired) electrons. The molecule has 0 amide bonds. The predicted octanol–water partition coefficient (Wildman–Crippen LogP) is 6.98. The number of esters is 1. The predicted molar refractivity (Wildman–Crippen MR) is 91.7 cm³/mol. The van der Waals surface area contributed by atoms with Crippen LogP contribution < -0.4 is 0 Å². The molecule has 0 aromatic rings. The molecule has 0 aliphatic rings. The highest BCUT2D eigenvalue weighted by atomic mass is 35.6. The molecule has 0 aliphatic carbocycles. The molecule has 156 valence electrons. The lowest BCUT2D eigenvalue weighted by atomic mass is 10.1. The largest absolute Gasteiger partial charge is 0.466 e. The second-order valence-corrected chi connectivity index (χ2v) is 14.0. The number of halogens is 7. The first kappa shape index (κ1) is 25.6. The molecule has 1 unspecified atom stereocenters. The van der Waals surface area contributed by atoms with Crippen LogP contribution in [-0.2, 0) is 9.53 Å². The van der Waals surface area contributed by atoms with Gasteiger partial charge < -0.3 is 4.74 Å². The van der Waals surface area contributed by atoms with Crippen molar-refractivity contribution in [1.82, 2.24) is 0 Å². The van der Waals surface area contributed by atoms with E-state index in [2.05, 4.69) is 17.8 Å². The van der Waals surface area contributed by atoms with E-state index in [9.17, 15) is 31.1 Å². The van der Waals surface area contributed by atoms with Gasteiger partial charge in [-0.05, 0) is 12.5 Å². The Bertz CT molecular complexity index is 415. The average molecular weight is 429 g/mol. The van der Waals surface area contributed by atoms with E-state index in [0.29, 0.717) is 6.42 Å². The lowest BCUT2D eigenvalue weighted by Gasteiger charge is -2.26. The molecular weight excluding hydrogens is 402 g/mol. The van der Waals surface area contributed by atoms with Crippen molar-refractivity contribution in [3.63, 3.8) is 0 Å². The number of unbranched alkanes of at least 4 members (excludes halogenated alkanes) is 7. The molecule has 2 nitrogen and oxygen atoms in total.